The van der Waals surface area contributed by atoms with E-state index in [1.54, 1.807) is 0 Å². The lowest BCUT2D eigenvalue weighted by Gasteiger charge is -2.20. The molecule has 0 amide bonds. The van der Waals surface area contributed by atoms with E-state index in [9.17, 15) is 0 Å². The molecule has 11 aromatic rings. The maximum absolute atomic E-state index is 4.72. The van der Waals surface area contributed by atoms with Gasteiger partial charge in [0.15, 0.2) is 0 Å². The fourth-order valence-electron chi connectivity index (χ4n) is 9.18. The van der Waals surface area contributed by atoms with E-state index in [4.69, 9.17) is 4.98 Å². The second kappa shape index (κ2) is 19.2. The molecular weight excluding hydrogens is 959 g/mol. The number of halogens is 2. The summed E-state index contributed by atoms with van der Waals surface area (Å²) in [5, 5.41) is 0. The van der Waals surface area contributed by atoms with E-state index in [0.717, 1.165) is 121 Å². The van der Waals surface area contributed by atoms with Gasteiger partial charge in [-0.2, -0.15) is 0 Å². The van der Waals surface area contributed by atoms with Gasteiger partial charge in [-0.05, 0) is 151 Å². The van der Waals surface area contributed by atoms with Crippen LogP contribution in [-0.4, -0.2) is 15.0 Å². The molecule has 0 spiro atoms. The Morgan fingerprint density at radius 2 is 0.529 bits per heavy atom. The third kappa shape index (κ3) is 8.66. The molecule has 68 heavy (non-hydrogen) atoms. The molecule has 0 unspecified atom stereocenters. The summed E-state index contributed by atoms with van der Waals surface area (Å²) in [4.78, 5) is 14.0. The number of nitrogens with zero attached hydrogens (tertiary/aromatic N) is 3. The third-order valence-electron chi connectivity index (χ3n) is 12.4. The molecule has 0 N–H and O–H groups in total. The van der Waals surface area contributed by atoms with E-state index >= 15 is 0 Å². The first-order chi connectivity index (χ1) is 33.6. The van der Waals surface area contributed by atoms with Crippen LogP contribution in [0, 0.1) is 0 Å². The van der Waals surface area contributed by atoms with E-state index in [-0.39, 0.29) is 0 Å². The predicted octanol–water partition coefficient (Wildman–Crippen LogP) is 18.1. The molecule has 0 atom stereocenters. The highest BCUT2D eigenvalue weighted by atomic mass is 79.9. The summed E-state index contributed by atoms with van der Waals surface area (Å²) in [6.45, 7) is 0. The molecule has 3 heterocycles. The maximum Gasteiger partial charge on any atom is 0.0702 e. The van der Waals surface area contributed by atoms with Gasteiger partial charge in [0.25, 0.3) is 0 Å². The minimum Gasteiger partial charge on any atom is -0.256 e. The van der Waals surface area contributed by atoms with Crippen LogP contribution in [0.2, 0.25) is 0 Å². The Balaban J connectivity index is 1.11. The molecular formula is C63H41Br2N3. The van der Waals surface area contributed by atoms with Crippen molar-refractivity contribution in [1.29, 1.82) is 0 Å². The summed E-state index contributed by atoms with van der Waals surface area (Å²) >= 11 is 7.99. The molecule has 0 aliphatic rings. The first-order valence-corrected chi connectivity index (χ1v) is 24.1. The molecule has 3 aromatic heterocycles. The SMILES string of the molecule is Brc1cc(-c2ccccn2)ccc1-c1ccccc1-c1cc(-c2ccccc2-c2ccc(-c3ccccn3)cc2Br)cc(-c2ccccc2-c2ccc(-c3ccccn3)cc2-c2ccccc2)c1. The Hall–Kier alpha value is -7.83. The highest BCUT2D eigenvalue weighted by Gasteiger charge is 2.20. The zero-order valence-electron chi connectivity index (χ0n) is 36.8. The Labute approximate surface area is 413 Å². The van der Waals surface area contributed by atoms with Gasteiger partial charge in [-0.15, -0.1) is 0 Å². The zero-order valence-corrected chi connectivity index (χ0v) is 39.9. The minimum atomic E-state index is 0.933. The predicted molar refractivity (Wildman–Crippen MR) is 290 cm³/mol. The van der Waals surface area contributed by atoms with Crippen LogP contribution >= 0.6 is 31.9 Å². The van der Waals surface area contributed by atoms with Crippen LogP contribution in [0.1, 0.15) is 0 Å². The van der Waals surface area contributed by atoms with E-state index in [1.165, 1.54) is 0 Å². The molecule has 0 radical (unpaired) electrons. The lowest BCUT2D eigenvalue weighted by atomic mass is 9.84. The van der Waals surface area contributed by atoms with Crippen molar-refractivity contribution in [2.24, 2.45) is 0 Å². The van der Waals surface area contributed by atoms with Crippen LogP contribution in [0.3, 0.4) is 0 Å². The first-order valence-electron chi connectivity index (χ1n) is 22.5. The van der Waals surface area contributed by atoms with Gasteiger partial charge in [0.1, 0.15) is 0 Å². The summed E-state index contributed by atoms with van der Waals surface area (Å²) in [5.74, 6) is 0. The minimum absolute atomic E-state index is 0.933. The van der Waals surface area contributed by atoms with Crippen LogP contribution in [0.15, 0.2) is 258 Å². The Morgan fingerprint density at radius 1 is 0.206 bits per heavy atom. The molecule has 322 valence electrons. The van der Waals surface area contributed by atoms with Gasteiger partial charge in [-0.25, -0.2) is 0 Å². The lowest BCUT2D eigenvalue weighted by molar-refractivity contribution is 1.32. The maximum atomic E-state index is 4.72. The van der Waals surface area contributed by atoms with Crippen molar-refractivity contribution in [3.8, 4) is 112 Å². The fourth-order valence-corrected chi connectivity index (χ4v) is 10.4. The highest BCUT2D eigenvalue weighted by molar-refractivity contribution is 9.11. The van der Waals surface area contributed by atoms with Gasteiger partial charge in [-0.1, -0.05) is 190 Å². The van der Waals surface area contributed by atoms with Crippen molar-refractivity contribution in [2.45, 2.75) is 0 Å². The molecule has 0 fully saturated rings. The van der Waals surface area contributed by atoms with Crippen LogP contribution in [0.25, 0.3) is 112 Å². The standard InChI is InChI=1S/C63H41Br2N3/c64-59-40-44(62-25-11-14-34-67-62)28-31-56(59)53-22-8-5-19-50(53)47-36-46(37-48(38-47)51-20-6-9-23-54(51)57-32-29-45(41-60(57)65)63-26-12-15-35-68-63)49-18-4-7-21-52(49)55-30-27-43(61-24-10-13-33-66-61)39-58(55)42-16-2-1-3-17-42/h1-41H. The van der Waals surface area contributed by atoms with Gasteiger partial charge in [0, 0.05) is 44.2 Å². The molecule has 0 bridgehead atoms. The largest absolute Gasteiger partial charge is 0.256 e. The first kappa shape index (κ1) is 42.8. The number of hydrogen-bond donors (Lipinski definition) is 0. The summed E-state index contributed by atoms with van der Waals surface area (Å²) in [7, 11) is 0. The van der Waals surface area contributed by atoms with Crippen LogP contribution in [-0.2, 0) is 0 Å². The van der Waals surface area contributed by atoms with Gasteiger partial charge in [-0.3, -0.25) is 15.0 Å². The number of hydrogen-bond acceptors (Lipinski definition) is 3. The second-order valence-electron chi connectivity index (χ2n) is 16.6. The molecule has 0 aliphatic heterocycles. The normalized spacial score (nSPS) is 11.1. The van der Waals surface area contributed by atoms with Crippen LogP contribution in [0.4, 0.5) is 0 Å². The Bertz CT molecular complexity index is 3430. The summed E-state index contributed by atoms with van der Waals surface area (Å²) in [6, 6.07) is 81.9. The highest BCUT2D eigenvalue weighted by Crippen LogP contribution is 2.46. The summed E-state index contributed by atoms with van der Waals surface area (Å²) in [6.07, 6.45) is 5.53. The topological polar surface area (TPSA) is 38.7 Å². The van der Waals surface area contributed by atoms with Gasteiger partial charge in [0.2, 0.25) is 0 Å². The van der Waals surface area contributed by atoms with Crippen LogP contribution < -0.4 is 0 Å². The van der Waals surface area contributed by atoms with E-state index in [1.807, 2.05) is 67.1 Å². The van der Waals surface area contributed by atoms with Crippen molar-refractivity contribution in [2.75, 3.05) is 0 Å². The molecule has 5 heteroatoms. The van der Waals surface area contributed by atoms with E-state index < -0.39 is 0 Å². The molecule has 0 aliphatic carbocycles. The third-order valence-corrected chi connectivity index (χ3v) is 13.8. The second-order valence-corrected chi connectivity index (χ2v) is 18.3. The van der Waals surface area contributed by atoms with E-state index in [2.05, 4.69) is 224 Å². The van der Waals surface area contributed by atoms with Crippen molar-refractivity contribution < 1.29 is 0 Å². The number of aromatic nitrogens is 3. The molecule has 11 rings (SSSR count). The zero-order chi connectivity index (χ0) is 45.8. The average molecular weight is 1000 g/mol. The van der Waals surface area contributed by atoms with Crippen molar-refractivity contribution in [1.82, 2.24) is 15.0 Å². The quantitative estimate of drug-likeness (QED) is 0.137. The van der Waals surface area contributed by atoms with Gasteiger partial charge < -0.3 is 0 Å². The molecule has 8 aromatic carbocycles. The molecule has 0 saturated carbocycles. The average Bonchev–Trinajstić information content (AvgIpc) is 3.41. The lowest BCUT2D eigenvalue weighted by Crippen LogP contribution is -1.94. The fraction of sp³-hybridized carbons (Fsp3) is 0. The number of rotatable bonds is 10. The molecule has 3 nitrogen and oxygen atoms in total. The number of benzene rings is 8. The smallest absolute Gasteiger partial charge is 0.0702 e. The van der Waals surface area contributed by atoms with Gasteiger partial charge >= 0.3 is 0 Å². The number of pyridine rings is 3. The Kier molecular flexibility index (Phi) is 12.1. The van der Waals surface area contributed by atoms with Crippen molar-refractivity contribution in [3.63, 3.8) is 0 Å². The monoisotopic (exact) mass is 997 g/mol. The summed E-state index contributed by atoms with van der Waals surface area (Å²) < 4.78 is 2.00. The summed E-state index contributed by atoms with van der Waals surface area (Å²) in [5.41, 5.74) is 21.7. The van der Waals surface area contributed by atoms with Crippen LogP contribution in [0.5, 0.6) is 0 Å². The van der Waals surface area contributed by atoms with Crippen molar-refractivity contribution >= 4 is 31.9 Å². The van der Waals surface area contributed by atoms with Gasteiger partial charge in [0.05, 0.1) is 17.1 Å². The van der Waals surface area contributed by atoms with E-state index in [0.29, 0.717) is 0 Å². The molecule has 0 saturated heterocycles. The van der Waals surface area contributed by atoms with Crippen molar-refractivity contribution in [3.05, 3.63) is 258 Å². The Morgan fingerprint density at radius 3 is 0.912 bits per heavy atom.